The van der Waals surface area contributed by atoms with Crippen LogP contribution in [0.2, 0.25) is 0 Å². The lowest BCUT2D eigenvalue weighted by Crippen LogP contribution is -2.46. The van der Waals surface area contributed by atoms with Crippen LogP contribution in [0.3, 0.4) is 0 Å². The number of aliphatic hydroxyl groups excluding tert-OH is 1. The molecule has 0 unspecified atom stereocenters. The summed E-state index contributed by atoms with van der Waals surface area (Å²) in [6.07, 6.45) is -0.130. The molecule has 0 aliphatic rings. The number of halogens is 1. The molecule has 0 aromatic heterocycles. The molecule has 0 heterocycles. The van der Waals surface area contributed by atoms with Crippen molar-refractivity contribution in [1.29, 1.82) is 0 Å². The molecular weight excluding hydrogens is 278 g/mol. The van der Waals surface area contributed by atoms with Gasteiger partial charge in [0.15, 0.2) is 11.5 Å². The maximum atomic E-state index is 11.5. The SMILES string of the molecule is Cl.NNN(Cc1ccc(O)c(O)c1O)C(=O)CCO. The first-order chi connectivity index (χ1) is 8.51. The summed E-state index contributed by atoms with van der Waals surface area (Å²) in [4.78, 5) is 11.5. The number of aromatic hydroxyl groups is 3. The number of rotatable bonds is 5. The summed E-state index contributed by atoms with van der Waals surface area (Å²) in [5.74, 6) is 3.00. The molecule has 0 saturated heterocycles. The van der Waals surface area contributed by atoms with Crippen LogP contribution in [0.5, 0.6) is 17.2 Å². The van der Waals surface area contributed by atoms with Crippen molar-refractivity contribution in [1.82, 2.24) is 10.5 Å². The fourth-order valence-corrected chi connectivity index (χ4v) is 1.35. The van der Waals surface area contributed by atoms with E-state index < -0.39 is 23.2 Å². The zero-order chi connectivity index (χ0) is 13.7. The molecule has 1 aromatic carbocycles. The minimum absolute atomic E-state index is 0. The first kappa shape index (κ1) is 17.3. The van der Waals surface area contributed by atoms with Crippen LogP contribution in [-0.4, -0.2) is 37.9 Å². The summed E-state index contributed by atoms with van der Waals surface area (Å²) in [6.45, 7) is -0.459. The van der Waals surface area contributed by atoms with Gasteiger partial charge in [0, 0.05) is 5.56 Å². The lowest BCUT2D eigenvalue weighted by molar-refractivity contribution is -0.136. The Morgan fingerprint density at radius 2 is 1.89 bits per heavy atom. The number of phenolic OH excluding ortho intramolecular Hbond substituents is 3. The van der Waals surface area contributed by atoms with E-state index in [1.165, 1.54) is 12.1 Å². The third kappa shape index (κ3) is 4.14. The number of hydrogen-bond donors (Lipinski definition) is 6. The van der Waals surface area contributed by atoms with Gasteiger partial charge in [0.1, 0.15) is 0 Å². The highest BCUT2D eigenvalue weighted by molar-refractivity contribution is 5.85. The van der Waals surface area contributed by atoms with Crippen molar-refractivity contribution in [2.24, 2.45) is 5.84 Å². The molecule has 8 nitrogen and oxygen atoms in total. The Kier molecular flexibility index (Phi) is 6.94. The van der Waals surface area contributed by atoms with Crippen LogP contribution in [0, 0.1) is 0 Å². The highest BCUT2D eigenvalue weighted by Crippen LogP contribution is 2.37. The molecule has 1 amide bonds. The maximum absolute atomic E-state index is 11.5. The van der Waals surface area contributed by atoms with E-state index in [9.17, 15) is 15.0 Å². The number of hydrazine groups is 2. The molecule has 1 rings (SSSR count). The van der Waals surface area contributed by atoms with Crippen LogP contribution >= 0.6 is 12.4 Å². The third-order valence-corrected chi connectivity index (χ3v) is 2.32. The smallest absolute Gasteiger partial charge is 0.240 e. The summed E-state index contributed by atoms with van der Waals surface area (Å²) in [6, 6.07) is 2.51. The van der Waals surface area contributed by atoms with E-state index in [1.807, 2.05) is 0 Å². The zero-order valence-corrected chi connectivity index (χ0v) is 10.7. The van der Waals surface area contributed by atoms with E-state index in [-0.39, 0.29) is 37.5 Å². The van der Waals surface area contributed by atoms with Gasteiger partial charge in [0.2, 0.25) is 11.7 Å². The highest BCUT2D eigenvalue weighted by Gasteiger charge is 2.17. The number of nitrogens with one attached hydrogen (secondary N) is 1. The zero-order valence-electron chi connectivity index (χ0n) is 9.91. The number of carbonyl (C=O) groups is 1. The second kappa shape index (κ2) is 7.64. The van der Waals surface area contributed by atoms with Crippen LogP contribution in [0.1, 0.15) is 12.0 Å². The third-order valence-electron chi connectivity index (χ3n) is 2.32. The molecule has 7 N–H and O–H groups in total. The fraction of sp³-hybridized carbons (Fsp3) is 0.300. The largest absolute Gasteiger partial charge is 0.504 e. The molecule has 0 saturated carbocycles. The molecular formula is C10H16ClN3O5. The summed E-state index contributed by atoms with van der Waals surface area (Å²) < 4.78 is 0. The number of aliphatic hydroxyl groups is 1. The number of nitrogens with zero attached hydrogens (tertiary/aromatic N) is 1. The Morgan fingerprint density at radius 1 is 1.26 bits per heavy atom. The molecule has 0 spiro atoms. The fourth-order valence-electron chi connectivity index (χ4n) is 1.35. The van der Waals surface area contributed by atoms with Gasteiger partial charge in [-0.05, 0) is 12.1 Å². The van der Waals surface area contributed by atoms with Gasteiger partial charge in [0.05, 0.1) is 19.6 Å². The summed E-state index contributed by atoms with van der Waals surface area (Å²) in [7, 11) is 0. The van der Waals surface area contributed by atoms with Gasteiger partial charge in [-0.25, -0.2) is 0 Å². The van der Waals surface area contributed by atoms with Crippen molar-refractivity contribution in [3.05, 3.63) is 17.7 Å². The van der Waals surface area contributed by atoms with Crippen LogP contribution in [0.25, 0.3) is 0 Å². The Morgan fingerprint density at radius 3 is 2.42 bits per heavy atom. The average molecular weight is 294 g/mol. The van der Waals surface area contributed by atoms with Crippen molar-refractivity contribution in [2.75, 3.05) is 6.61 Å². The maximum Gasteiger partial charge on any atom is 0.240 e. The van der Waals surface area contributed by atoms with Gasteiger partial charge >= 0.3 is 0 Å². The second-order valence-corrected chi connectivity index (χ2v) is 3.52. The van der Waals surface area contributed by atoms with E-state index >= 15 is 0 Å². The molecule has 9 heteroatoms. The molecule has 0 fully saturated rings. The van der Waals surface area contributed by atoms with E-state index in [4.69, 9.17) is 16.1 Å². The molecule has 0 radical (unpaired) electrons. The number of benzene rings is 1. The van der Waals surface area contributed by atoms with Crippen molar-refractivity contribution >= 4 is 18.3 Å². The molecule has 0 aliphatic heterocycles. The number of nitrogens with two attached hydrogens (primary N) is 1. The van der Waals surface area contributed by atoms with Gasteiger partial charge in [-0.15, -0.1) is 12.4 Å². The molecule has 0 aliphatic carbocycles. The van der Waals surface area contributed by atoms with Crippen LogP contribution in [0.15, 0.2) is 12.1 Å². The minimum Gasteiger partial charge on any atom is -0.504 e. The lowest BCUT2D eigenvalue weighted by atomic mass is 10.1. The van der Waals surface area contributed by atoms with Crippen molar-refractivity contribution in [3.63, 3.8) is 0 Å². The monoisotopic (exact) mass is 293 g/mol. The van der Waals surface area contributed by atoms with Crippen molar-refractivity contribution in [2.45, 2.75) is 13.0 Å². The van der Waals surface area contributed by atoms with Gasteiger partial charge in [0.25, 0.3) is 0 Å². The number of hydrogen-bond acceptors (Lipinski definition) is 7. The Balaban J connectivity index is 0.00000324. The van der Waals surface area contributed by atoms with Crippen LogP contribution in [-0.2, 0) is 11.3 Å². The van der Waals surface area contributed by atoms with Crippen LogP contribution < -0.4 is 11.4 Å². The summed E-state index contributed by atoms with van der Waals surface area (Å²) in [5.41, 5.74) is 2.30. The second-order valence-electron chi connectivity index (χ2n) is 3.52. The topological polar surface area (TPSA) is 139 Å². The molecule has 0 bridgehead atoms. The first-order valence-electron chi connectivity index (χ1n) is 5.11. The van der Waals surface area contributed by atoms with Gasteiger partial charge < -0.3 is 20.4 Å². The average Bonchev–Trinajstić information content (AvgIpc) is 2.35. The normalized spacial score (nSPS) is 9.79. The Bertz CT molecular complexity index is 443. The molecule has 19 heavy (non-hydrogen) atoms. The van der Waals surface area contributed by atoms with Gasteiger partial charge in [-0.3, -0.25) is 15.6 Å². The number of phenols is 3. The quantitative estimate of drug-likeness (QED) is 0.240. The highest BCUT2D eigenvalue weighted by atomic mass is 35.5. The first-order valence-corrected chi connectivity index (χ1v) is 5.11. The lowest BCUT2D eigenvalue weighted by Gasteiger charge is -2.21. The predicted octanol–water partition coefficient (Wildman–Crippen LogP) is -0.686. The standard InChI is InChI=1S/C10H15N3O5.ClH/c11-12-13(8(16)3-4-14)5-6-1-2-7(15)10(18)9(6)17;/h1-2,12,14-15,17-18H,3-5,11H2;1H. The Labute approximate surface area is 115 Å². The van der Waals surface area contributed by atoms with Gasteiger partial charge in [-0.2, -0.15) is 5.53 Å². The number of amides is 1. The van der Waals surface area contributed by atoms with Crippen LogP contribution in [0.4, 0.5) is 0 Å². The van der Waals surface area contributed by atoms with Crippen molar-refractivity contribution in [3.8, 4) is 17.2 Å². The summed E-state index contributed by atoms with van der Waals surface area (Å²) >= 11 is 0. The van der Waals surface area contributed by atoms with E-state index in [0.29, 0.717) is 0 Å². The van der Waals surface area contributed by atoms with E-state index in [1.54, 1.807) is 0 Å². The summed E-state index contributed by atoms with van der Waals surface area (Å²) in [5, 5.41) is 37.6. The number of carbonyl (C=O) groups excluding carboxylic acids is 1. The molecule has 1 aromatic rings. The minimum atomic E-state index is -0.668. The van der Waals surface area contributed by atoms with E-state index in [0.717, 1.165) is 5.01 Å². The van der Waals surface area contributed by atoms with Gasteiger partial charge in [-0.1, -0.05) is 0 Å². The molecule has 0 atom stereocenters. The van der Waals surface area contributed by atoms with Crippen molar-refractivity contribution < 1.29 is 25.2 Å². The molecule has 108 valence electrons. The van der Waals surface area contributed by atoms with E-state index in [2.05, 4.69) is 5.53 Å². The predicted molar refractivity (Wildman–Crippen MR) is 68.3 cm³/mol. The Hall–Kier alpha value is -1.74.